The number of rotatable bonds is 5. The summed E-state index contributed by atoms with van der Waals surface area (Å²) in [5.41, 5.74) is 1.77. The van der Waals surface area contributed by atoms with Gasteiger partial charge in [-0.25, -0.2) is 0 Å². The van der Waals surface area contributed by atoms with Gasteiger partial charge in [0.1, 0.15) is 5.76 Å². The normalized spacial score (nSPS) is 18.0. The largest absolute Gasteiger partial charge is 0.467 e. The molecule has 0 aromatic carbocycles. The Balaban J connectivity index is 1.71. The first kappa shape index (κ1) is 13.9. The molecule has 2 aromatic rings. The average molecular weight is 288 g/mol. The number of nitrogens with one attached hydrogen (secondary N) is 1. The molecule has 2 aromatic heterocycles. The van der Waals surface area contributed by atoms with Crippen molar-refractivity contribution in [1.82, 2.24) is 4.57 Å². The first-order valence-corrected chi connectivity index (χ1v) is 7.32. The van der Waals surface area contributed by atoms with Crippen LogP contribution in [-0.4, -0.2) is 17.3 Å². The molecule has 3 heterocycles. The quantitative estimate of drug-likeness (QED) is 0.918. The van der Waals surface area contributed by atoms with E-state index in [-0.39, 0.29) is 11.7 Å². The van der Waals surface area contributed by atoms with Crippen molar-refractivity contribution in [2.45, 2.75) is 39.0 Å². The van der Waals surface area contributed by atoms with Crippen molar-refractivity contribution in [3.63, 3.8) is 0 Å². The van der Waals surface area contributed by atoms with Crippen LogP contribution in [0.2, 0.25) is 0 Å². The summed E-state index contributed by atoms with van der Waals surface area (Å²) in [5.74, 6) is 0.844. The number of nitrogens with zero attached hydrogens (tertiary/aromatic N) is 1. The highest BCUT2D eigenvalue weighted by Gasteiger charge is 2.17. The number of anilines is 1. The fraction of sp³-hybridized carbons (Fsp3) is 0.438. The van der Waals surface area contributed by atoms with Crippen molar-refractivity contribution in [2.75, 3.05) is 11.9 Å². The van der Waals surface area contributed by atoms with Gasteiger partial charge in [-0.1, -0.05) is 0 Å². The lowest BCUT2D eigenvalue weighted by Crippen LogP contribution is -2.28. The minimum absolute atomic E-state index is 0.00689. The van der Waals surface area contributed by atoms with E-state index in [4.69, 9.17) is 9.15 Å². The summed E-state index contributed by atoms with van der Waals surface area (Å²) >= 11 is 0. The van der Waals surface area contributed by atoms with E-state index in [1.165, 1.54) is 0 Å². The van der Waals surface area contributed by atoms with E-state index in [0.29, 0.717) is 13.1 Å². The summed E-state index contributed by atoms with van der Waals surface area (Å²) in [6.45, 7) is 3.97. The third-order valence-corrected chi connectivity index (χ3v) is 3.79. The Kier molecular flexibility index (Phi) is 4.10. The number of ether oxygens (including phenoxy) is 1. The first-order valence-electron chi connectivity index (χ1n) is 7.32. The van der Waals surface area contributed by atoms with Crippen molar-refractivity contribution >= 4 is 5.69 Å². The zero-order valence-electron chi connectivity index (χ0n) is 12.2. The van der Waals surface area contributed by atoms with Gasteiger partial charge in [0.05, 0.1) is 25.5 Å². The lowest BCUT2D eigenvalue weighted by molar-refractivity contribution is 0.0956. The zero-order valence-corrected chi connectivity index (χ0v) is 12.2. The molecule has 5 heteroatoms. The second-order valence-electron chi connectivity index (χ2n) is 5.40. The number of pyridine rings is 1. The van der Waals surface area contributed by atoms with Crippen LogP contribution in [0, 0.1) is 6.92 Å². The Hall–Kier alpha value is -2.01. The summed E-state index contributed by atoms with van der Waals surface area (Å²) in [7, 11) is 0. The number of hydrogen-bond donors (Lipinski definition) is 1. The molecule has 0 spiro atoms. The highest BCUT2D eigenvalue weighted by Crippen LogP contribution is 2.15. The van der Waals surface area contributed by atoms with Crippen molar-refractivity contribution in [3.8, 4) is 0 Å². The van der Waals surface area contributed by atoms with E-state index in [0.717, 1.165) is 36.6 Å². The fourth-order valence-corrected chi connectivity index (χ4v) is 2.66. The Morgan fingerprint density at radius 1 is 1.43 bits per heavy atom. The van der Waals surface area contributed by atoms with Crippen LogP contribution in [0.1, 0.15) is 24.3 Å². The Bertz CT molecular complexity index is 640. The summed E-state index contributed by atoms with van der Waals surface area (Å²) in [4.78, 5) is 12.3. The molecule has 0 aliphatic carbocycles. The van der Waals surface area contributed by atoms with Gasteiger partial charge in [-0.15, -0.1) is 0 Å². The summed E-state index contributed by atoms with van der Waals surface area (Å²) in [6.07, 6.45) is 3.93. The molecule has 1 aliphatic rings. The molecule has 21 heavy (non-hydrogen) atoms. The highest BCUT2D eigenvalue weighted by molar-refractivity contribution is 5.43. The van der Waals surface area contributed by atoms with Gasteiger partial charge in [0.25, 0.3) is 5.56 Å². The van der Waals surface area contributed by atoms with E-state index < -0.39 is 0 Å². The zero-order chi connectivity index (χ0) is 14.7. The molecular formula is C16H20N2O3. The summed E-state index contributed by atoms with van der Waals surface area (Å²) < 4.78 is 12.7. The Labute approximate surface area is 123 Å². The molecule has 1 fully saturated rings. The molecule has 0 amide bonds. The second-order valence-corrected chi connectivity index (χ2v) is 5.40. The topological polar surface area (TPSA) is 56.4 Å². The van der Waals surface area contributed by atoms with Crippen LogP contribution < -0.4 is 10.9 Å². The van der Waals surface area contributed by atoms with Gasteiger partial charge >= 0.3 is 0 Å². The summed E-state index contributed by atoms with van der Waals surface area (Å²) in [6, 6.07) is 7.37. The molecule has 1 aliphatic heterocycles. The molecule has 1 saturated heterocycles. The van der Waals surface area contributed by atoms with Crippen LogP contribution in [0.15, 0.2) is 39.7 Å². The van der Waals surface area contributed by atoms with Gasteiger partial charge in [-0.2, -0.15) is 0 Å². The number of furan rings is 1. The van der Waals surface area contributed by atoms with Gasteiger partial charge in [0, 0.05) is 24.1 Å². The van der Waals surface area contributed by atoms with Crippen molar-refractivity contribution in [3.05, 3.63) is 52.3 Å². The Morgan fingerprint density at radius 3 is 3.00 bits per heavy atom. The molecule has 0 radical (unpaired) electrons. The molecule has 112 valence electrons. The van der Waals surface area contributed by atoms with Crippen LogP contribution in [-0.2, 0) is 17.8 Å². The van der Waals surface area contributed by atoms with Gasteiger partial charge in [-0.05, 0) is 38.0 Å². The van der Waals surface area contributed by atoms with Gasteiger partial charge in [0.2, 0.25) is 0 Å². The molecular weight excluding hydrogens is 268 g/mol. The van der Waals surface area contributed by atoms with Crippen molar-refractivity contribution in [1.29, 1.82) is 0 Å². The van der Waals surface area contributed by atoms with E-state index >= 15 is 0 Å². The lowest BCUT2D eigenvalue weighted by atomic mass is 10.2. The predicted molar refractivity (Wildman–Crippen MR) is 80.4 cm³/mol. The van der Waals surface area contributed by atoms with Gasteiger partial charge < -0.3 is 19.0 Å². The van der Waals surface area contributed by atoms with Crippen LogP contribution in [0.4, 0.5) is 5.69 Å². The third-order valence-electron chi connectivity index (χ3n) is 3.79. The molecule has 1 N–H and O–H groups in total. The maximum atomic E-state index is 12.3. The van der Waals surface area contributed by atoms with Crippen molar-refractivity contribution < 1.29 is 9.15 Å². The standard InChI is InChI=1S/C16H20N2O3/c1-12-8-13(17-10-14-4-2-6-20-14)9-16(19)18(12)11-15-5-3-7-21-15/h2,4,6,8-9,15,17H,3,5,7,10-11H2,1H3. The molecule has 5 nitrogen and oxygen atoms in total. The molecule has 3 rings (SSSR count). The fourth-order valence-electron chi connectivity index (χ4n) is 2.66. The second kappa shape index (κ2) is 6.18. The molecule has 1 unspecified atom stereocenters. The number of hydrogen-bond acceptors (Lipinski definition) is 4. The highest BCUT2D eigenvalue weighted by atomic mass is 16.5. The number of aryl methyl sites for hydroxylation is 1. The van der Waals surface area contributed by atoms with Gasteiger partial charge in [0.15, 0.2) is 0 Å². The monoisotopic (exact) mass is 288 g/mol. The molecule has 1 atom stereocenters. The maximum absolute atomic E-state index is 12.3. The molecule has 0 bridgehead atoms. The summed E-state index contributed by atoms with van der Waals surface area (Å²) in [5, 5.41) is 3.21. The molecule has 0 saturated carbocycles. The van der Waals surface area contributed by atoms with E-state index in [1.54, 1.807) is 16.9 Å². The van der Waals surface area contributed by atoms with E-state index in [9.17, 15) is 4.79 Å². The lowest BCUT2D eigenvalue weighted by Gasteiger charge is -2.16. The third kappa shape index (κ3) is 3.36. The van der Waals surface area contributed by atoms with Gasteiger partial charge in [-0.3, -0.25) is 4.79 Å². The van der Waals surface area contributed by atoms with Crippen LogP contribution >= 0.6 is 0 Å². The van der Waals surface area contributed by atoms with Crippen molar-refractivity contribution in [2.24, 2.45) is 0 Å². The van der Waals surface area contributed by atoms with E-state index in [1.807, 2.05) is 25.1 Å². The minimum Gasteiger partial charge on any atom is -0.467 e. The Morgan fingerprint density at radius 2 is 2.33 bits per heavy atom. The SMILES string of the molecule is Cc1cc(NCc2ccco2)cc(=O)n1CC1CCCO1. The van der Waals surface area contributed by atoms with Crippen LogP contribution in [0.5, 0.6) is 0 Å². The minimum atomic E-state index is 0.00689. The average Bonchev–Trinajstić information content (AvgIpc) is 3.14. The first-order chi connectivity index (χ1) is 10.2. The van der Waals surface area contributed by atoms with Crippen LogP contribution in [0.3, 0.4) is 0 Å². The van der Waals surface area contributed by atoms with E-state index in [2.05, 4.69) is 5.32 Å². The maximum Gasteiger partial charge on any atom is 0.252 e. The smallest absolute Gasteiger partial charge is 0.252 e. The predicted octanol–water partition coefficient (Wildman–Crippen LogP) is 2.54. The van der Waals surface area contributed by atoms with Crippen LogP contribution in [0.25, 0.3) is 0 Å². The number of aromatic nitrogens is 1.